The third kappa shape index (κ3) is 52.4. The van der Waals surface area contributed by atoms with Gasteiger partial charge in [-0.05, 0) is 122 Å². The van der Waals surface area contributed by atoms with Crippen molar-refractivity contribution in [1.29, 1.82) is 0 Å². The molecule has 0 aromatic heterocycles. The molecule has 0 amide bonds. The Morgan fingerprint density at radius 3 is 0.896 bits per heavy atom. The van der Waals surface area contributed by atoms with Crippen LogP contribution in [0.5, 0.6) is 0 Å². The second kappa shape index (κ2) is 54.2. The number of esters is 3. The Kier molecular flexibility index (Phi) is 50.6. The van der Waals surface area contributed by atoms with E-state index in [2.05, 4.69) is 154 Å². The monoisotopic (exact) mass is 925 g/mol. The van der Waals surface area contributed by atoms with Crippen molar-refractivity contribution >= 4 is 17.9 Å². The molecule has 0 fully saturated rings. The van der Waals surface area contributed by atoms with Gasteiger partial charge in [-0.2, -0.15) is 0 Å². The molecule has 0 heterocycles. The van der Waals surface area contributed by atoms with E-state index in [0.29, 0.717) is 19.3 Å². The average molecular weight is 925 g/mol. The molecule has 0 aliphatic heterocycles. The number of unbranched alkanes of at least 4 members (excludes halogenated alkanes) is 13. The smallest absolute Gasteiger partial charge is 0.306 e. The highest BCUT2D eigenvalue weighted by atomic mass is 16.6. The molecule has 0 saturated heterocycles. The molecule has 0 saturated carbocycles. The van der Waals surface area contributed by atoms with Crippen LogP contribution in [0, 0.1) is 0 Å². The first kappa shape index (κ1) is 62.5. The normalized spacial score (nSPS) is 13.2. The fourth-order valence-corrected chi connectivity index (χ4v) is 6.74. The minimum absolute atomic E-state index is 0.113. The third-order valence-corrected chi connectivity index (χ3v) is 10.6. The van der Waals surface area contributed by atoms with Crippen molar-refractivity contribution in [2.75, 3.05) is 13.2 Å². The Balaban J connectivity index is 4.55. The van der Waals surface area contributed by atoms with E-state index in [1.165, 1.54) is 25.7 Å². The summed E-state index contributed by atoms with van der Waals surface area (Å²) in [7, 11) is 0. The largest absolute Gasteiger partial charge is 0.462 e. The van der Waals surface area contributed by atoms with Crippen molar-refractivity contribution in [1.82, 2.24) is 0 Å². The van der Waals surface area contributed by atoms with Gasteiger partial charge in [0.25, 0.3) is 0 Å². The predicted molar refractivity (Wildman–Crippen MR) is 288 cm³/mol. The Morgan fingerprint density at radius 2 is 0.552 bits per heavy atom. The van der Waals surface area contributed by atoms with Crippen LogP contribution in [-0.4, -0.2) is 37.2 Å². The van der Waals surface area contributed by atoms with Crippen molar-refractivity contribution in [2.24, 2.45) is 0 Å². The highest BCUT2D eigenvalue weighted by Gasteiger charge is 2.19. The fraction of sp³-hybridized carbons (Fsp3) is 0.590. The van der Waals surface area contributed by atoms with Crippen molar-refractivity contribution in [3.8, 4) is 0 Å². The van der Waals surface area contributed by atoms with E-state index < -0.39 is 6.10 Å². The van der Waals surface area contributed by atoms with Crippen molar-refractivity contribution in [3.63, 3.8) is 0 Å². The first-order valence-electron chi connectivity index (χ1n) is 26.7. The van der Waals surface area contributed by atoms with Crippen molar-refractivity contribution in [2.45, 2.75) is 219 Å². The number of allylic oxidation sites excluding steroid dienone is 22. The van der Waals surface area contributed by atoms with E-state index in [4.69, 9.17) is 14.2 Å². The number of rotatable bonds is 46. The maximum atomic E-state index is 12.8. The van der Waals surface area contributed by atoms with Crippen LogP contribution < -0.4 is 0 Å². The standard InChI is InChI=1S/C61H96O6/c1-4-7-10-13-16-19-22-25-28-31-34-36-39-42-45-48-51-54-60(63)66-57-58(67-61(64)55-52-49-46-43-40-37-33-30-27-24-21-18-15-12-9-6-3)56-65-59(62)53-50-47-44-41-38-35-32-29-26-23-20-17-14-11-8-5-2/h7-12,16-21,25-30,34,36,42,45,58H,4-6,13-15,22-24,31-33,35,37-41,43-44,46-57H2,1-3H3/b10-7-,11-8-,12-9-,19-16-,20-17-,21-18-,28-25-,29-26-,30-27-,36-34-,45-42-. The van der Waals surface area contributed by atoms with Crippen LogP contribution in [0.2, 0.25) is 0 Å². The zero-order chi connectivity index (χ0) is 48.6. The van der Waals surface area contributed by atoms with Crippen LogP contribution in [-0.2, 0) is 28.6 Å². The topological polar surface area (TPSA) is 78.9 Å². The summed E-state index contributed by atoms with van der Waals surface area (Å²) in [5, 5.41) is 0. The summed E-state index contributed by atoms with van der Waals surface area (Å²) in [6, 6.07) is 0. The van der Waals surface area contributed by atoms with Gasteiger partial charge in [-0.1, -0.05) is 206 Å². The molecule has 0 bridgehead atoms. The van der Waals surface area contributed by atoms with Gasteiger partial charge in [-0.3, -0.25) is 14.4 Å². The van der Waals surface area contributed by atoms with Gasteiger partial charge in [0.2, 0.25) is 0 Å². The Hall–Kier alpha value is -4.45. The van der Waals surface area contributed by atoms with E-state index in [9.17, 15) is 14.4 Å². The Morgan fingerprint density at radius 1 is 0.299 bits per heavy atom. The summed E-state index contributed by atoms with van der Waals surface area (Å²) in [4.78, 5) is 38.1. The second-order valence-corrected chi connectivity index (χ2v) is 17.0. The lowest BCUT2D eigenvalue weighted by Gasteiger charge is -2.18. The molecule has 0 aliphatic carbocycles. The zero-order valence-corrected chi connectivity index (χ0v) is 42.9. The maximum absolute atomic E-state index is 12.8. The van der Waals surface area contributed by atoms with Crippen LogP contribution in [0.15, 0.2) is 134 Å². The van der Waals surface area contributed by atoms with Gasteiger partial charge in [0.1, 0.15) is 13.2 Å². The lowest BCUT2D eigenvalue weighted by molar-refractivity contribution is -0.167. The highest BCUT2D eigenvalue weighted by molar-refractivity contribution is 5.71. The SMILES string of the molecule is CC/C=C\C/C=C\C/C=C\C/C=C\C/C=C\CCCC(=O)OCC(COC(=O)CCCCCCCC/C=C\C/C=C\C/C=C\CC)OC(=O)CCCCCCCC/C=C\C/C=C\C/C=C\CC. The predicted octanol–water partition coefficient (Wildman–Crippen LogP) is 17.9. The molecule has 0 radical (unpaired) electrons. The van der Waals surface area contributed by atoms with Crippen LogP contribution in [0.1, 0.15) is 213 Å². The summed E-state index contributed by atoms with van der Waals surface area (Å²) in [5.74, 6) is -1.01. The first-order valence-corrected chi connectivity index (χ1v) is 26.7. The molecule has 6 nitrogen and oxygen atoms in total. The van der Waals surface area contributed by atoms with Gasteiger partial charge in [0.05, 0.1) is 0 Å². The fourth-order valence-electron chi connectivity index (χ4n) is 6.74. The molecule has 0 aromatic carbocycles. The number of carbonyl (C=O) groups excluding carboxylic acids is 3. The van der Waals surface area contributed by atoms with Gasteiger partial charge in [0, 0.05) is 19.3 Å². The van der Waals surface area contributed by atoms with E-state index in [-0.39, 0.29) is 37.5 Å². The molecule has 0 aromatic rings. The molecular formula is C61H96O6. The van der Waals surface area contributed by atoms with Crippen molar-refractivity contribution < 1.29 is 28.6 Å². The van der Waals surface area contributed by atoms with Gasteiger partial charge in [-0.15, -0.1) is 0 Å². The molecule has 1 atom stereocenters. The van der Waals surface area contributed by atoms with E-state index in [0.717, 1.165) is 141 Å². The summed E-state index contributed by atoms with van der Waals surface area (Å²) in [5.41, 5.74) is 0. The van der Waals surface area contributed by atoms with Crippen LogP contribution in [0.3, 0.4) is 0 Å². The highest BCUT2D eigenvalue weighted by Crippen LogP contribution is 2.13. The van der Waals surface area contributed by atoms with Crippen LogP contribution >= 0.6 is 0 Å². The Bertz CT molecular complexity index is 1480. The summed E-state index contributed by atoms with van der Waals surface area (Å²) < 4.78 is 16.8. The van der Waals surface area contributed by atoms with E-state index in [1.807, 2.05) is 0 Å². The second-order valence-electron chi connectivity index (χ2n) is 17.0. The zero-order valence-electron chi connectivity index (χ0n) is 42.9. The van der Waals surface area contributed by atoms with Gasteiger partial charge in [0.15, 0.2) is 6.10 Å². The molecule has 376 valence electrons. The first-order chi connectivity index (χ1) is 33.0. The third-order valence-electron chi connectivity index (χ3n) is 10.6. The lowest BCUT2D eigenvalue weighted by atomic mass is 10.1. The number of carbonyl (C=O) groups is 3. The number of ether oxygens (including phenoxy) is 3. The summed E-state index contributed by atoms with van der Waals surface area (Å²) >= 11 is 0. The molecule has 1 unspecified atom stereocenters. The molecule has 0 spiro atoms. The molecular weight excluding hydrogens is 829 g/mol. The average Bonchev–Trinajstić information content (AvgIpc) is 3.33. The quantitative estimate of drug-likeness (QED) is 0.0262. The summed E-state index contributed by atoms with van der Waals surface area (Å²) in [6.07, 6.45) is 75.8. The number of hydrogen-bond acceptors (Lipinski definition) is 6. The minimum Gasteiger partial charge on any atom is -0.462 e. The van der Waals surface area contributed by atoms with Crippen molar-refractivity contribution in [3.05, 3.63) is 134 Å². The van der Waals surface area contributed by atoms with E-state index in [1.54, 1.807) is 0 Å². The molecule has 0 N–H and O–H groups in total. The number of hydrogen-bond donors (Lipinski definition) is 0. The van der Waals surface area contributed by atoms with Crippen LogP contribution in [0.4, 0.5) is 0 Å². The molecule has 67 heavy (non-hydrogen) atoms. The lowest BCUT2D eigenvalue weighted by Crippen LogP contribution is -2.30. The Labute approximate surface area is 411 Å². The maximum Gasteiger partial charge on any atom is 0.306 e. The van der Waals surface area contributed by atoms with Gasteiger partial charge >= 0.3 is 17.9 Å². The molecule has 0 aliphatic rings. The van der Waals surface area contributed by atoms with Gasteiger partial charge < -0.3 is 14.2 Å². The van der Waals surface area contributed by atoms with Crippen LogP contribution in [0.25, 0.3) is 0 Å². The summed E-state index contributed by atoms with van der Waals surface area (Å²) in [6.45, 7) is 6.21. The molecule has 0 rings (SSSR count). The minimum atomic E-state index is -0.819. The molecule has 6 heteroatoms. The van der Waals surface area contributed by atoms with Gasteiger partial charge in [-0.25, -0.2) is 0 Å². The van der Waals surface area contributed by atoms with E-state index >= 15 is 0 Å².